The minimum Gasteiger partial charge on any atom is -0.508 e. The van der Waals surface area contributed by atoms with E-state index in [-0.39, 0.29) is 21.1 Å². The van der Waals surface area contributed by atoms with Crippen molar-refractivity contribution < 1.29 is 43.2 Å². The molecule has 0 amide bonds. The number of aromatic hydroxyl groups is 1. The van der Waals surface area contributed by atoms with Crippen molar-refractivity contribution in [3.8, 4) is 5.75 Å². The summed E-state index contributed by atoms with van der Waals surface area (Å²) in [4.78, 5) is 31.2. The number of carboxylic acid groups (broad SMARTS) is 3. The van der Waals surface area contributed by atoms with E-state index in [1.807, 2.05) is 13.0 Å². The molecule has 0 spiro atoms. The highest BCUT2D eigenvalue weighted by Crippen LogP contribution is 2.23. The van der Waals surface area contributed by atoms with Crippen LogP contribution in [-0.4, -0.2) is 46.8 Å². The van der Waals surface area contributed by atoms with Gasteiger partial charge in [0.05, 0.1) is 20.9 Å². The van der Waals surface area contributed by atoms with Gasteiger partial charge in [0.15, 0.2) is 0 Å². The first-order valence-corrected chi connectivity index (χ1v) is 15.4. The van der Waals surface area contributed by atoms with Crippen molar-refractivity contribution in [3.63, 3.8) is 0 Å². The normalized spacial score (nSPS) is 10.7. The summed E-state index contributed by atoms with van der Waals surface area (Å²) in [5, 5.41) is 34.7. The smallest absolute Gasteiger partial charge is 0.335 e. The first kappa shape index (κ1) is 36.6. The van der Waals surface area contributed by atoms with E-state index in [0.717, 1.165) is 18.4 Å². The number of carbonyl (C=O) groups is 3. The number of hydrogen-bond donors (Lipinski definition) is 4. The van der Waals surface area contributed by atoms with Crippen molar-refractivity contribution in [2.24, 2.45) is 0 Å². The summed E-state index contributed by atoms with van der Waals surface area (Å²) in [7, 11) is -3.70. The lowest BCUT2D eigenvalue weighted by atomic mass is 10.1. The van der Waals surface area contributed by atoms with Gasteiger partial charge in [-0.25, -0.2) is 22.8 Å². The second-order valence-electron chi connectivity index (χ2n) is 9.65. The Morgan fingerprint density at radius 3 is 1.67 bits per heavy atom. The molecule has 232 valence electrons. The summed E-state index contributed by atoms with van der Waals surface area (Å²) in [6.45, 7) is 4.09. The maximum absolute atomic E-state index is 12.2. The number of benzene rings is 3. The predicted molar refractivity (Wildman–Crippen MR) is 164 cm³/mol. The maximum atomic E-state index is 12.2. The predicted octanol–water partition coefficient (Wildman–Crippen LogP) is 7.38. The fourth-order valence-electron chi connectivity index (χ4n) is 3.72. The first-order valence-electron chi connectivity index (χ1n) is 13.9. The fraction of sp³-hybridized carbons (Fsp3) is 0.303. The van der Waals surface area contributed by atoms with Crippen LogP contribution in [0.15, 0.2) is 94.7 Å². The number of sulfone groups is 1. The minimum absolute atomic E-state index is 0.00295. The molecule has 0 aliphatic carbocycles. The highest BCUT2D eigenvalue weighted by Gasteiger charge is 2.18. The highest BCUT2D eigenvalue weighted by molar-refractivity contribution is 7.91. The Hall–Kier alpha value is -4.44. The van der Waals surface area contributed by atoms with Crippen molar-refractivity contribution in [3.05, 3.63) is 102 Å². The van der Waals surface area contributed by atoms with Gasteiger partial charge in [-0.2, -0.15) is 0 Å². The minimum atomic E-state index is -3.70. The molecule has 10 heteroatoms. The standard InChI is InChI=1S/C13H10O5S.C12H22O2.C8H8O2/c14-10-3-7-12(8-4-10)19(17,18)11-5-1-9(2-6-11)13(15)16;1-2-3-4-5-6-7-8-9-10-11-12(13)14;1-6-3-2-4-7(5-6)8(9)10/h1-8,14H,(H,15,16);10-11H,2-9H2,1H3,(H,13,14);2-5H,1H3,(H,9,10). The molecular formula is C33H40O9S. The third kappa shape index (κ3) is 14.8. The second kappa shape index (κ2) is 19.6. The maximum Gasteiger partial charge on any atom is 0.335 e. The van der Waals surface area contributed by atoms with Crippen LogP contribution in [-0.2, 0) is 14.6 Å². The van der Waals surface area contributed by atoms with Crippen LogP contribution in [0.25, 0.3) is 0 Å². The zero-order chi connectivity index (χ0) is 32.3. The van der Waals surface area contributed by atoms with Crippen LogP contribution in [0.5, 0.6) is 5.75 Å². The first-order chi connectivity index (χ1) is 20.4. The largest absolute Gasteiger partial charge is 0.508 e. The van der Waals surface area contributed by atoms with Gasteiger partial charge in [-0.1, -0.05) is 69.2 Å². The molecule has 9 nitrogen and oxygen atoms in total. The van der Waals surface area contributed by atoms with E-state index in [9.17, 15) is 22.8 Å². The number of carboxylic acids is 3. The molecule has 0 unspecified atom stereocenters. The summed E-state index contributed by atoms with van der Waals surface area (Å²) in [5.74, 6) is -2.86. The average Bonchev–Trinajstić information content (AvgIpc) is 2.97. The number of hydrogen-bond acceptors (Lipinski definition) is 6. The summed E-state index contributed by atoms with van der Waals surface area (Å²) in [6, 6.07) is 16.9. The van der Waals surface area contributed by atoms with E-state index < -0.39 is 27.7 Å². The number of unbranched alkanes of at least 4 members (excludes halogenated alkanes) is 7. The summed E-state index contributed by atoms with van der Waals surface area (Å²) in [5.41, 5.74) is 1.34. The van der Waals surface area contributed by atoms with E-state index in [1.165, 1.54) is 93.1 Å². The number of aryl methyl sites for hydroxylation is 1. The molecule has 0 radical (unpaired) electrons. The van der Waals surface area contributed by atoms with Gasteiger partial charge in [0.1, 0.15) is 5.75 Å². The Bertz CT molecular complexity index is 1430. The molecule has 3 aromatic rings. The van der Waals surface area contributed by atoms with Crippen LogP contribution in [0, 0.1) is 6.92 Å². The average molecular weight is 613 g/mol. The lowest BCUT2D eigenvalue weighted by Crippen LogP contribution is -2.03. The molecule has 3 aromatic carbocycles. The van der Waals surface area contributed by atoms with Crippen LogP contribution >= 0.6 is 0 Å². The molecule has 0 aromatic heterocycles. The van der Waals surface area contributed by atoms with Gasteiger partial charge in [0.2, 0.25) is 9.84 Å². The van der Waals surface area contributed by atoms with Gasteiger partial charge in [-0.15, -0.1) is 0 Å². The summed E-state index contributed by atoms with van der Waals surface area (Å²) >= 11 is 0. The lowest BCUT2D eigenvalue weighted by molar-refractivity contribution is -0.131. The molecule has 0 aliphatic heterocycles. The molecule has 0 aliphatic rings. The Morgan fingerprint density at radius 1 is 0.698 bits per heavy atom. The number of allylic oxidation sites excluding steroid dienone is 1. The molecule has 43 heavy (non-hydrogen) atoms. The van der Waals surface area contributed by atoms with Gasteiger partial charge in [0, 0.05) is 6.08 Å². The van der Waals surface area contributed by atoms with Gasteiger partial charge in [-0.05, 0) is 80.4 Å². The molecule has 4 N–H and O–H groups in total. The summed E-state index contributed by atoms with van der Waals surface area (Å²) in [6.07, 6.45) is 12.8. The van der Waals surface area contributed by atoms with Crippen molar-refractivity contribution in [1.29, 1.82) is 0 Å². The van der Waals surface area contributed by atoms with Gasteiger partial charge >= 0.3 is 17.9 Å². The van der Waals surface area contributed by atoms with Gasteiger partial charge in [0.25, 0.3) is 0 Å². The van der Waals surface area contributed by atoms with Crippen molar-refractivity contribution in [2.45, 2.75) is 75.0 Å². The van der Waals surface area contributed by atoms with Crippen LogP contribution in [0.1, 0.15) is 84.6 Å². The van der Waals surface area contributed by atoms with E-state index in [4.69, 9.17) is 20.4 Å². The highest BCUT2D eigenvalue weighted by atomic mass is 32.2. The topological polar surface area (TPSA) is 166 Å². The molecule has 0 bridgehead atoms. The number of phenolic OH excluding ortho intramolecular Hbond substituents is 1. The van der Waals surface area contributed by atoms with E-state index in [1.54, 1.807) is 24.3 Å². The third-order valence-corrected chi connectivity index (χ3v) is 7.84. The Balaban J connectivity index is 0.000000341. The zero-order valence-corrected chi connectivity index (χ0v) is 25.3. The number of phenols is 1. The van der Waals surface area contributed by atoms with Crippen LogP contribution in [0.3, 0.4) is 0 Å². The van der Waals surface area contributed by atoms with Crippen molar-refractivity contribution in [1.82, 2.24) is 0 Å². The molecule has 0 saturated heterocycles. The van der Waals surface area contributed by atoms with E-state index in [2.05, 4.69) is 6.92 Å². The monoisotopic (exact) mass is 612 g/mol. The van der Waals surface area contributed by atoms with Crippen molar-refractivity contribution >= 4 is 27.7 Å². The van der Waals surface area contributed by atoms with Crippen LogP contribution < -0.4 is 0 Å². The Morgan fingerprint density at radius 2 is 1.21 bits per heavy atom. The number of aromatic carboxylic acids is 2. The SMILES string of the molecule is CCCCCCCCCC=CC(=O)O.Cc1cccc(C(=O)O)c1.O=C(O)c1ccc(S(=O)(=O)c2ccc(O)cc2)cc1. The quantitative estimate of drug-likeness (QED) is 0.114. The Labute approximate surface area is 253 Å². The molecule has 0 atom stereocenters. The number of aliphatic carboxylic acids is 1. The van der Waals surface area contributed by atoms with E-state index in [0.29, 0.717) is 5.56 Å². The molecule has 0 saturated carbocycles. The Kier molecular flexibility index (Phi) is 16.7. The fourth-order valence-corrected chi connectivity index (χ4v) is 4.98. The molecule has 0 fully saturated rings. The number of rotatable bonds is 13. The molecule has 3 rings (SSSR count). The van der Waals surface area contributed by atoms with Crippen LogP contribution in [0.4, 0.5) is 0 Å². The van der Waals surface area contributed by atoms with Gasteiger partial charge < -0.3 is 20.4 Å². The third-order valence-electron chi connectivity index (χ3n) is 6.06. The van der Waals surface area contributed by atoms with Gasteiger partial charge in [-0.3, -0.25) is 0 Å². The summed E-state index contributed by atoms with van der Waals surface area (Å²) < 4.78 is 24.4. The molecule has 0 heterocycles. The zero-order valence-electron chi connectivity index (χ0n) is 24.5. The van der Waals surface area contributed by atoms with Crippen molar-refractivity contribution in [2.75, 3.05) is 0 Å². The van der Waals surface area contributed by atoms with Crippen LogP contribution in [0.2, 0.25) is 0 Å². The molecular weight excluding hydrogens is 572 g/mol. The van der Waals surface area contributed by atoms with E-state index >= 15 is 0 Å². The lowest BCUT2D eigenvalue weighted by Gasteiger charge is -2.05. The second-order valence-corrected chi connectivity index (χ2v) is 11.6.